The van der Waals surface area contributed by atoms with Crippen LogP contribution in [0.1, 0.15) is 25.7 Å². The van der Waals surface area contributed by atoms with Crippen LogP contribution in [0.2, 0.25) is 0 Å². The molecule has 1 unspecified atom stereocenters. The summed E-state index contributed by atoms with van der Waals surface area (Å²) in [4.78, 5) is 5.21. The Hall–Kier alpha value is -0.120. The summed E-state index contributed by atoms with van der Waals surface area (Å²) < 4.78 is 0. The number of likely N-dealkylation sites (N-methyl/N-ethyl adjacent to an activating group) is 1. The predicted molar refractivity (Wildman–Crippen MR) is 71.2 cm³/mol. The molecule has 2 heterocycles. The molecule has 0 amide bonds. The molecule has 1 aliphatic carbocycles. The van der Waals surface area contributed by atoms with Gasteiger partial charge >= 0.3 is 0 Å². The van der Waals surface area contributed by atoms with Gasteiger partial charge in [0.15, 0.2) is 0 Å². The highest BCUT2D eigenvalue weighted by atomic mass is 15.2. The van der Waals surface area contributed by atoms with Crippen molar-refractivity contribution in [3.63, 3.8) is 0 Å². The van der Waals surface area contributed by atoms with Crippen molar-refractivity contribution in [2.75, 3.05) is 52.9 Å². The van der Waals surface area contributed by atoms with Gasteiger partial charge in [0.2, 0.25) is 0 Å². The Kier molecular flexibility index (Phi) is 3.42. The van der Waals surface area contributed by atoms with E-state index in [0.29, 0.717) is 0 Å². The van der Waals surface area contributed by atoms with Gasteiger partial charge in [-0.25, -0.2) is 0 Å². The molecule has 0 aromatic rings. The highest BCUT2D eigenvalue weighted by Gasteiger charge is 2.53. The molecule has 1 saturated carbocycles. The van der Waals surface area contributed by atoms with Gasteiger partial charge in [0.05, 0.1) is 0 Å². The first kappa shape index (κ1) is 11.9. The molecule has 98 valence electrons. The van der Waals surface area contributed by atoms with E-state index >= 15 is 0 Å². The SMILES string of the molecule is CN1CCCN(CC2CC23CCNCC3)CC1. The molecule has 2 saturated heterocycles. The highest BCUT2D eigenvalue weighted by Crippen LogP contribution is 2.58. The first-order valence-electron chi connectivity index (χ1n) is 7.40. The van der Waals surface area contributed by atoms with E-state index in [1.165, 1.54) is 71.5 Å². The molecule has 3 heteroatoms. The van der Waals surface area contributed by atoms with Crippen molar-refractivity contribution in [3.05, 3.63) is 0 Å². The molecule has 17 heavy (non-hydrogen) atoms. The van der Waals surface area contributed by atoms with Crippen LogP contribution >= 0.6 is 0 Å². The summed E-state index contributed by atoms with van der Waals surface area (Å²) in [6.45, 7) is 9.08. The molecule has 1 atom stereocenters. The minimum atomic E-state index is 0.767. The van der Waals surface area contributed by atoms with Crippen molar-refractivity contribution in [3.8, 4) is 0 Å². The lowest BCUT2D eigenvalue weighted by Crippen LogP contribution is -2.34. The van der Waals surface area contributed by atoms with Crippen LogP contribution in [0.25, 0.3) is 0 Å². The molecule has 3 rings (SSSR count). The molecule has 0 aromatic heterocycles. The monoisotopic (exact) mass is 237 g/mol. The molecule has 2 aliphatic heterocycles. The van der Waals surface area contributed by atoms with Crippen LogP contribution in [0.15, 0.2) is 0 Å². The number of hydrogen-bond donors (Lipinski definition) is 1. The summed E-state index contributed by atoms with van der Waals surface area (Å²) in [6, 6.07) is 0. The van der Waals surface area contributed by atoms with E-state index in [-0.39, 0.29) is 0 Å². The van der Waals surface area contributed by atoms with Crippen LogP contribution in [-0.4, -0.2) is 62.7 Å². The number of hydrogen-bond acceptors (Lipinski definition) is 3. The zero-order valence-electron chi connectivity index (χ0n) is 11.2. The predicted octanol–water partition coefficient (Wildman–Crippen LogP) is 1.01. The van der Waals surface area contributed by atoms with Crippen LogP contribution in [0.5, 0.6) is 0 Å². The van der Waals surface area contributed by atoms with Crippen molar-refractivity contribution in [1.29, 1.82) is 0 Å². The smallest absolute Gasteiger partial charge is 0.0109 e. The Bertz CT molecular complexity index is 258. The largest absolute Gasteiger partial charge is 0.317 e. The Morgan fingerprint density at radius 3 is 2.76 bits per heavy atom. The quantitative estimate of drug-likeness (QED) is 0.773. The van der Waals surface area contributed by atoms with E-state index in [4.69, 9.17) is 0 Å². The van der Waals surface area contributed by atoms with E-state index < -0.39 is 0 Å². The lowest BCUT2D eigenvalue weighted by Gasteiger charge is -2.26. The Balaban J connectivity index is 1.48. The highest BCUT2D eigenvalue weighted by molar-refractivity contribution is 5.05. The van der Waals surface area contributed by atoms with Crippen molar-refractivity contribution < 1.29 is 0 Å². The zero-order valence-corrected chi connectivity index (χ0v) is 11.2. The van der Waals surface area contributed by atoms with Gasteiger partial charge < -0.3 is 15.1 Å². The summed E-state index contributed by atoms with van der Waals surface area (Å²) >= 11 is 0. The molecule has 1 spiro atoms. The number of nitrogens with one attached hydrogen (secondary N) is 1. The Labute approximate surface area is 106 Å². The zero-order chi connectivity index (χ0) is 11.7. The van der Waals surface area contributed by atoms with Crippen molar-refractivity contribution in [1.82, 2.24) is 15.1 Å². The molecule has 3 nitrogen and oxygen atoms in total. The molecule has 0 bridgehead atoms. The fourth-order valence-electron chi connectivity index (χ4n) is 3.82. The van der Waals surface area contributed by atoms with Gasteiger partial charge in [-0.3, -0.25) is 0 Å². The van der Waals surface area contributed by atoms with Gasteiger partial charge in [0.1, 0.15) is 0 Å². The standard InChI is InChI=1S/C14H27N3/c1-16-7-2-8-17(10-9-16)12-13-11-14(13)3-5-15-6-4-14/h13,15H,2-12H2,1H3. The second kappa shape index (κ2) is 4.87. The van der Waals surface area contributed by atoms with Gasteiger partial charge in [-0.15, -0.1) is 0 Å². The summed E-state index contributed by atoms with van der Waals surface area (Å²) in [5.41, 5.74) is 0.767. The third-order valence-corrected chi connectivity index (χ3v) is 5.25. The van der Waals surface area contributed by atoms with E-state index in [1.54, 1.807) is 0 Å². The molecule has 3 fully saturated rings. The minimum Gasteiger partial charge on any atom is -0.317 e. The van der Waals surface area contributed by atoms with E-state index in [9.17, 15) is 0 Å². The first-order chi connectivity index (χ1) is 8.28. The molecular formula is C14H27N3. The van der Waals surface area contributed by atoms with Gasteiger partial charge in [0, 0.05) is 19.6 Å². The molecule has 1 N–H and O–H groups in total. The summed E-state index contributed by atoms with van der Waals surface area (Å²) in [5, 5.41) is 3.50. The van der Waals surface area contributed by atoms with Crippen molar-refractivity contribution >= 4 is 0 Å². The lowest BCUT2D eigenvalue weighted by molar-refractivity contribution is 0.233. The Morgan fingerprint density at radius 1 is 1.12 bits per heavy atom. The molecule has 0 radical (unpaired) electrons. The number of nitrogens with zero attached hydrogens (tertiary/aromatic N) is 2. The molecule has 3 aliphatic rings. The summed E-state index contributed by atoms with van der Waals surface area (Å²) in [6.07, 6.45) is 5.75. The molecular weight excluding hydrogens is 210 g/mol. The fourth-order valence-corrected chi connectivity index (χ4v) is 3.82. The van der Waals surface area contributed by atoms with Gasteiger partial charge in [-0.05, 0) is 70.2 Å². The van der Waals surface area contributed by atoms with Crippen LogP contribution in [-0.2, 0) is 0 Å². The second-order valence-corrected chi connectivity index (χ2v) is 6.47. The maximum Gasteiger partial charge on any atom is 0.0109 e. The second-order valence-electron chi connectivity index (χ2n) is 6.47. The summed E-state index contributed by atoms with van der Waals surface area (Å²) in [5.74, 6) is 1.02. The molecule has 0 aromatic carbocycles. The van der Waals surface area contributed by atoms with Crippen LogP contribution in [0, 0.1) is 11.3 Å². The van der Waals surface area contributed by atoms with Gasteiger partial charge in [0.25, 0.3) is 0 Å². The fraction of sp³-hybridized carbons (Fsp3) is 1.00. The van der Waals surface area contributed by atoms with Crippen molar-refractivity contribution in [2.45, 2.75) is 25.7 Å². The number of rotatable bonds is 2. The maximum absolute atomic E-state index is 3.50. The van der Waals surface area contributed by atoms with Gasteiger partial charge in [-0.2, -0.15) is 0 Å². The average Bonchev–Trinajstić information content (AvgIpc) is 3.03. The number of piperidine rings is 1. The van der Waals surface area contributed by atoms with Crippen LogP contribution in [0.4, 0.5) is 0 Å². The van der Waals surface area contributed by atoms with E-state index in [2.05, 4.69) is 22.2 Å². The third-order valence-electron chi connectivity index (χ3n) is 5.25. The summed E-state index contributed by atoms with van der Waals surface area (Å²) in [7, 11) is 2.26. The van der Waals surface area contributed by atoms with E-state index in [0.717, 1.165) is 11.3 Å². The first-order valence-corrected chi connectivity index (χ1v) is 7.40. The normalized spacial score (nSPS) is 34.8. The van der Waals surface area contributed by atoms with Crippen molar-refractivity contribution in [2.24, 2.45) is 11.3 Å². The van der Waals surface area contributed by atoms with Gasteiger partial charge in [-0.1, -0.05) is 0 Å². The third kappa shape index (κ3) is 2.67. The van der Waals surface area contributed by atoms with E-state index in [1.807, 2.05) is 0 Å². The minimum absolute atomic E-state index is 0.767. The van der Waals surface area contributed by atoms with Crippen LogP contribution in [0.3, 0.4) is 0 Å². The topological polar surface area (TPSA) is 18.5 Å². The Morgan fingerprint density at radius 2 is 1.94 bits per heavy atom. The maximum atomic E-state index is 3.50. The average molecular weight is 237 g/mol. The lowest BCUT2D eigenvalue weighted by atomic mass is 9.92. The van der Waals surface area contributed by atoms with Crippen LogP contribution < -0.4 is 5.32 Å².